The third kappa shape index (κ3) is 5.30. The largest absolute Gasteiger partial charge is 0.508 e. The summed E-state index contributed by atoms with van der Waals surface area (Å²) in [6.07, 6.45) is 2.60. The zero-order chi connectivity index (χ0) is 14.3. The van der Waals surface area contributed by atoms with Gasteiger partial charge in [-0.25, -0.2) is 0 Å². The molecule has 1 aromatic rings. The van der Waals surface area contributed by atoms with E-state index in [9.17, 15) is 9.90 Å². The highest BCUT2D eigenvalue weighted by atomic mass is 16.3. The Bertz CT molecular complexity index is 386. The summed E-state index contributed by atoms with van der Waals surface area (Å²) < 4.78 is 0. The standard InChI is InChI=1S/C15H24N2O2/c1-3-11(4-2)10-17-15(19)14(16)9-12-5-7-13(18)8-6-12/h5-8,11,14,18H,3-4,9-10,16H2,1-2H3,(H,17,19). The fourth-order valence-corrected chi connectivity index (χ4v) is 1.93. The molecule has 1 atom stereocenters. The zero-order valence-corrected chi connectivity index (χ0v) is 11.7. The van der Waals surface area contributed by atoms with E-state index in [4.69, 9.17) is 5.73 Å². The molecule has 0 radical (unpaired) electrons. The first-order valence-corrected chi connectivity index (χ1v) is 6.88. The van der Waals surface area contributed by atoms with E-state index in [1.165, 1.54) is 0 Å². The van der Waals surface area contributed by atoms with Crippen molar-refractivity contribution in [2.24, 2.45) is 11.7 Å². The minimum absolute atomic E-state index is 0.111. The molecule has 0 aliphatic heterocycles. The van der Waals surface area contributed by atoms with Gasteiger partial charge in [-0.05, 0) is 30.0 Å². The molecule has 1 rings (SSSR count). The normalized spacial score (nSPS) is 12.4. The number of phenols is 1. The Kier molecular flexibility index (Phi) is 6.36. The smallest absolute Gasteiger partial charge is 0.237 e. The van der Waals surface area contributed by atoms with Gasteiger partial charge >= 0.3 is 0 Å². The number of hydrogen-bond donors (Lipinski definition) is 3. The Morgan fingerprint density at radius 3 is 2.37 bits per heavy atom. The average Bonchev–Trinajstić information content (AvgIpc) is 2.42. The van der Waals surface area contributed by atoms with Gasteiger partial charge < -0.3 is 16.2 Å². The van der Waals surface area contributed by atoms with Crippen LogP contribution in [0.4, 0.5) is 0 Å². The predicted octanol–water partition coefficient (Wildman–Crippen LogP) is 1.81. The molecule has 1 unspecified atom stereocenters. The topological polar surface area (TPSA) is 75.4 Å². The monoisotopic (exact) mass is 264 g/mol. The highest BCUT2D eigenvalue weighted by molar-refractivity contribution is 5.81. The number of amides is 1. The Labute approximate surface area is 115 Å². The van der Waals surface area contributed by atoms with E-state index in [0.717, 1.165) is 18.4 Å². The van der Waals surface area contributed by atoms with Crippen LogP contribution in [-0.4, -0.2) is 23.6 Å². The first-order valence-electron chi connectivity index (χ1n) is 6.88. The molecule has 0 aromatic heterocycles. The lowest BCUT2D eigenvalue weighted by molar-refractivity contribution is -0.122. The molecule has 0 fully saturated rings. The SMILES string of the molecule is CCC(CC)CNC(=O)C(N)Cc1ccc(O)cc1. The Morgan fingerprint density at radius 1 is 1.26 bits per heavy atom. The Hall–Kier alpha value is -1.55. The summed E-state index contributed by atoms with van der Waals surface area (Å²) in [7, 11) is 0. The van der Waals surface area contributed by atoms with Gasteiger partial charge in [0.05, 0.1) is 6.04 Å². The van der Waals surface area contributed by atoms with Crippen LogP contribution in [0.2, 0.25) is 0 Å². The van der Waals surface area contributed by atoms with Crippen molar-refractivity contribution in [3.8, 4) is 5.75 Å². The lowest BCUT2D eigenvalue weighted by Gasteiger charge is -2.16. The predicted molar refractivity (Wildman–Crippen MR) is 76.9 cm³/mol. The highest BCUT2D eigenvalue weighted by Crippen LogP contribution is 2.11. The van der Waals surface area contributed by atoms with Crippen LogP contribution >= 0.6 is 0 Å². The van der Waals surface area contributed by atoms with Crippen molar-refractivity contribution in [3.05, 3.63) is 29.8 Å². The van der Waals surface area contributed by atoms with Crippen molar-refractivity contribution in [3.63, 3.8) is 0 Å². The molecule has 106 valence electrons. The Morgan fingerprint density at radius 2 is 1.84 bits per heavy atom. The van der Waals surface area contributed by atoms with Gasteiger partial charge in [0.15, 0.2) is 0 Å². The second-order valence-electron chi connectivity index (χ2n) is 4.90. The lowest BCUT2D eigenvalue weighted by Crippen LogP contribution is -2.43. The second kappa shape index (κ2) is 7.79. The molecule has 4 nitrogen and oxygen atoms in total. The van der Waals surface area contributed by atoms with Gasteiger partial charge in [0.1, 0.15) is 5.75 Å². The molecule has 0 spiro atoms. The first kappa shape index (κ1) is 15.5. The van der Waals surface area contributed by atoms with E-state index < -0.39 is 6.04 Å². The molecule has 0 bridgehead atoms. The van der Waals surface area contributed by atoms with Crippen LogP contribution in [0.15, 0.2) is 24.3 Å². The summed E-state index contributed by atoms with van der Waals surface area (Å²) in [6, 6.07) is 6.22. The summed E-state index contributed by atoms with van der Waals surface area (Å²) in [5.74, 6) is 0.625. The molecule has 0 saturated heterocycles. The summed E-state index contributed by atoms with van der Waals surface area (Å²) >= 11 is 0. The number of carbonyl (C=O) groups excluding carboxylic acids is 1. The zero-order valence-electron chi connectivity index (χ0n) is 11.7. The Balaban J connectivity index is 2.42. The van der Waals surface area contributed by atoms with Crippen molar-refractivity contribution in [1.29, 1.82) is 0 Å². The molecule has 0 aliphatic rings. The molecule has 19 heavy (non-hydrogen) atoms. The van der Waals surface area contributed by atoms with Crippen LogP contribution in [0.1, 0.15) is 32.3 Å². The van der Waals surface area contributed by atoms with E-state index in [2.05, 4.69) is 19.2 Å². The van der Waals surface area contributed by atoms with Crippen LogP contribution in [0.5, 0.6) is 5.75 Å². The van der Waals surface area contributed by atoms with Crippen LogP contribution in [0.3, 0.4) is 0 Å². The van der Waals surface area contributed by atoms with E-state index >= 15 is 0 Å². The van der Waals surface area contributed by atoms with E-state index in [0.29, 0.717) is 18.9 Å². The number of aromatic hydroxyl groups is 1. The van der Waals surface area contributed by atoms with E-state index in [-0.39, 0.29) is 11.7 Å². The van der Waals surface area contributed by atoms with Crippen LogP contribution in [0, 0.1) is 5.92 Å². The van der Waals surface area contributed by atoms with Gasteiger partial charge in [-0.15, -0.1) is 0 Å². The van der Waals surface area contributed by atoms with Crippen LogP contribution in [0.25, 0.3) is 0 Å². The third-order valence-electron chi connectivity index (χ3n) is 3.45. The summed E-state index contributed by atoms with van der Waals surface area (Å²) in [6.45, 7) is 4.93. The number of nitrogens with two attached hydrogens (primary N) is 1. The molecule has 1 aromatic carbocycles. The van der Waals surface area contributed by atoms with Crippen LogP contribution in [-0.2, 0) is 11.2 Å². The number of phenolic OH excluding ortho intramolecular Hbond substituents is 1. The molecule has 4 heteroatoms. The molecular weight excluding hydrogens is 240 g/mol. The maximum Gasteiger partial charge on any atom is 0.237 e. The summed E-state index contributed by atoms with van der Waals surface area (Å²) in [5.41, 5.74) is 6.83. The quantitative estimate of drug-likeness (QED) is 0.703. The number of hydrogen-bond acceptors (Lipinski definition) is 3. The molecular formula is C15H24N2O2. The van der Waals surface area contributed by atoms with Gasteiger partial charge in [0.2, 0.25) is 5.91 Å². The van der Waals surface area contributed by atoms with Gasteiger partial charge in [-0.2, -0.15) is 0 Å². The maximum atomic E-state index is 11.9. The molecule has 0 heterocycles. The fraction of sp³-hybridized carbons (Fsp3) is 0.533. The number of carbonyl (C=O) groups is 1. The minimum Gasteiger partial charge on any atom is -0.508 e. The van der Waals surface area contributed by atoms with Crippen molar-refractivity contribution in [1.82, 2.24) is 5.32 Å². The van der Waals surface area contributed by atoms with E-state index in [1.54, 1.807) is 24.3 Å². The summed E-state index contributed by atoms with van der Waals surface area (Å²) in [4.78, 5) is 11.9. The second-order valence-corrected chi connectivity index (χ2v) is 4.90. The fourth-order valence-electron chi connectivity index (χ4n) is 1.93. The van der Waals surface area contributed by atoms with E-state index in [1.807, 2.05) is 0 Å². The molecule has 0 saturated carbocycles. The van der Waals surface area contributed by atoms with Crippen molar-refractivity contribution in [2.75, 3.05) is 6.54 Å². The average molecular weight is 264 g/mol. The first-order chi connectivity index (χ1) is 9.06. The molecule has 4 N–H and O–H groups in total. The highest BCUT2D eigenvalue weighted by Gasteiger charge is 2.15. The van der Waals surface area contributed by atoms with Crippen molar-refractivity contribution in [2.45, 2.75) is 39.2 Å². The van der Waals surface area contributed by atoms with Gasteiger partial charge in [0, 0.05) is 6.54 Å². The van der Waals surface area contributed by atoms with Gasteiger partial charge in [-0.3, -0.25) is 4.79 Å². The third-order valence-corrected chi connectivity index (χ3v) is 3.45. The lowest BCUT2D eigenvalue weighted by atomic mass is 10.0. The van der Waals surface area contributed by atoms with Gasteiger partial charge in [-0.1, -0.05) is 38.8 Å². The summed E-state index contributed by atoms with van der Waals surface area (Å²) in [5, 5.41) is 12.1. The van der Waals surface area contributed by atoms with Crippen molar-refractivity contribution >= 4 is 5.91 Å². The minimum atomic E-state index is -0.543. The number of nitrogens with one attached hydrogen (secondary N) is 1. The van der Waals surface area contributed by atoms with Crippen molar-refractivity contribution < 1.29 is 9.90 Å². The maximum absolute atomic E-state index is 11.9. The number of benzene rings is 1. The molecule has 1 amide bonds. The molecule has 0 aliphatic carbocycles. The number of rotatable bonds is 7. The van der Waals surface area contributed by atoms with Crippen LogP contribution < -0.4 is 11.1 Å². The van der Waals surface area contributed by atoms with Gasteiger partial charge in [0.25, 0.3) is 0 Å².